The molecule has 1 fully saturated rings. The first-order valence-electron chi connectivity index (χ1n) is 6.33. The van der Waals surface area contributed by atoms with Crippen LogP contribution in [0.1, 0.15) is 10.5 Å². The van der Waals surface area contributed by atoms with Crippen LogP contribution in [-0.2, 0) is 11.8 Å². The normalized spacial score (nSPS) is 16.1. The fourth-order valence-electron chi connectivity index (χ4n) is 1.96. The topological polar surface area (TPSA) is 85.4 Å². The average molecular weight is 277 g/mol. The molecule has 2 aromatic heterocycles. The minimum Gasteiger partial charge on any atom is -0.378 e. The largest absolute Gasteiger partial charge is 0.378 e. The molecule has 106 valence electrons. The van der Waals surface area contributed by atoms with E-state index in [4.69, 9.17) is 9.26 Å². The number of nitrogens with zero attached hydrogens (tertiary/aromatic N) is 4. The van der Waals surface area contributed by atoms with Crippen molar-refractivity contribution in [3.8, 4) is 11.3 Å². The van der Waals surface area contributed by atoms with Crippen LogP contribution in [0, 0.1) is 0 Å². The first-order chi connectivity index (χ1) is 9.74. The van der Waals surface area contributed by atoms with Crippen LogP contribution < -0.4 is 5.43 Å². The predicted molar refractivity (Wildman–Crippen MR) is 68.6 cm³/mol. The van der Waals surface area contributed by atoms with Gasteiger partial charge in [0, 0.05) is 25.9 Å². The van der Waals surface area contributed by atoms with Crippen LogP contribution in [0.3, 0.4) is 0 Å². The van der Waals surface area contributed by atoms with Crippen molar-refractivity contribution in [2.45, 2.75) is 0 Å². The number of hydrogen-bond donors (Lipinski definition) is 1. The number of aryl methyl sites for hydroxylation is 1. The van der Waals surface area contributed by atoms with Gasteiger partial charge in [0.25, 0.3) is 5.91 Å². The highest BCUT2D eigenvalue weighted by Gasteiger charge is 2.21. The van der Waals surface area contributed by atoms with Gasteiger partial charge in [-0.1, -0.05) is 5.16 Å². The monoisotopic (exact) mass is 277 g/mol. The van der Waals surface area contributed by atoms with Gasteiger partial charge in [-0.25, -0.2) is 5.43 Å². The van der Waals surface area contributed by atoms with Crippen molar-refractivity contribution in [3.05, 3.63) is 24.2 Å². The number of carbonyl (C=O) groups is 1. The summed E-state index contributed by atoms with van der Waals surface area (Å²) in [5.74, 6) is 0.293. The quantitative estimate of drug-likeness (QED) is 0.835. The minimum atomic E-state index is -0.227. The number of ether oxygens (including phenoxy) is 1. The summed E-state index contributed by atoms with van der Waals surface area (Å²) in [6.07, 6.45) is 3.46. The molecule has 0 spiro atoms. The summed E-state index contributed by atoms with van der Waals surface area (Å²) in [4.78, 5) is 12.3. The molecule has 0 saturated carbocycles. The second kappa shape index (κ2) is 5.43. The van der Waals surface area contributed by atoms with Gasteiger partial charge in [0.2, 0.25) is 0 Å². The summed E-state index contributed by atoms with van der Waals surface area (Å²) in [6.45, 7) is 2.17. The van der Waals surface area contributed by atoms with Crippen LogP contribution in [0.2, 0.25) is 0 Å². The van der Waals surface area contributed by atoms with Gasteiger partial charge in [0.15, 0.2) is 11.5 Å². The number of amides is 1. The van der Waals surface area contributed by atoms with Crippen molar-refractivity contribution in [2.24, 2.45) is 7.05 Å². The summed E-state index contributed by atoms with van der Waals surface area (Å²) in [7, 11) is 1.81. The van der Waals surface area contributed by atoms with Gasteiger partial charge in [-0.05, 0) is 0 Å². The maximum absolute atomic E-state index is 12.3. The Bertz CT molecular complexity index is 598. The van der Waals surface area contributed by atoms with Crippen molar-refractivity contribution in [1.29, 1.82) is 0 Å². The molecule has 0 bridgehead atoms. The highest BCUT2D eigenvalue weighted by molar-refractivity contribution is 5.92. The molecule has 0 radical (unpaired) electrons. The highest BCUT2D eigenvalue weighted by Crippen LogP contribution is 2.19. The van der Waals surface area contributed by atoms with E-state index in [1.807, 2.05) is 7.05 Å². The molecule has 1 aliphatic heterocycles. The fraction of sp³-hybridized carbons (Fsp3) is 0.417. The minimum absolute atomic E-state index is 0.227. The summed E-state index contributed by atoms with van der Waals surface area (Å²) in [5, 5.41) is 9.38. The molecule has 3 heterocycles. The van der Waals surface area contributed by atoms with Gasteiger partial charge in [-0.15, -0.1) is 0 Å². The Morgan fingerprint density at radius 1 is 1.45 bits per heavy atom. The van der Waals surface area contributed by atoms with Gasteiger partial charge in [0.05, 0.1) is 31.5 Å². The van der Waals surface area contributed by atoms with Crippen LogP contribution in [0.5, 0.6) is 0 Å². The Kier molecular flexibility index (Phi) is 3.48. The first-order valence-corrected chi connectivity index (χ1v) is 6.33. The molecule has 0 aliphatic carbocycles. The summed E-state index contributed by atoms with van der Waals surface area (Å²) >= 11 is 0. The van der Waals surface area contributed by atoms with E-state index >= 15 is 0 Å². The molecular weight excluding hydrogens is 262 g/mol. The smallest absolute Gasteiger partial charge is 0.290 e. The number of nitrogens with one attached hydrogen (secondary N) is 1. The van der Waals surface area contributed by atoms with Crippen molar-refractivity contribution in [1.82, 2.24) is 25.4 Å². The molecule has 1 N–H and O–H groups in total. The number of hydrazine groups is 1. The van der Waals surface area contributed by atoms with Crippen LogP contribution in [0.4, 0.5) is 0 Å². The first kappa shape index (κ1) is 12.8. The zero-order valence-corrected chi connectivity index (χ0v) is 11.1. The highest BCUT2D eigenvalue weighted by atomic mass is 16.5. The molecule has 3 rings (SSSR count). The molecule has 8 heteroatoms. The number of hydrogen-bond acceptors (Lipinski definition) is 6. The number of carbonyl (C=O) groups excluding carboxylic acids is 1. The standard InChI is InChI=1S/C12H15N5O3/c1-16-8-9(7-14-16)11-6-10(15-20-11)12(18)17-3-5-19-4-2-13-17/h6-8,13H,2-5H2,1H3. The third kappa shape index (κ3) is 2.56. The SMILES string of the molecule is Cn1cc(-c2cc(C(=O)N3CCOCCN3)no2)cn1. The van der Waals surface area contributed by atoms with E-state index < -0.39 is 0 Å². The second-order valence-electron chi connectivity index (χ2n) is 4.46. The van der Waals surface area contributed by atoms with Crippen molar-refractivity contribution < 1.29 is 14.1 Å². The van der Waals surface area contributed by atoms with E-state index in [0.29, 0.717) is 32.1 Å². The summed E-state index contributed by atoms with van der Waals surface area (Å²) in [5.41, 5.74) is 4.04. The molecule has 2 aromatic rings. The fourth-order valence-corrected chi connectivity index (χ4v) is 1.96. The van der Waals surface area contributed by atoms with Gasteiger partial charge in [0.1, 0.15) is 0 Å². The molecular formula is C12H15N5O3. The van der Waals surface area contributed by atoms with Crippen LogP contribution in [-0.4, -0.2) is 52.2 Å². The van der Waals surface area contributed by atoms with Crippen LogP contribution >= 0.6 is 0 Å². The van der Waals surface area contributed by atoms with E-state index in [9.17, 15) is 4.79 Å². The third-order valence-corrected chi connectivity index (χ3v) is 2.97. The Hall–Kier alpha value is -2.19. The maximum atomic E-state index is 12.3. The third-order valence-electron chi connectivity index (χ3n) is 2.97. The lowest BCUT2D eigenvalue weighted by atomic mass is 10.2. The number of aromatic nitrogens is 3. The zero-order valence-electron chi connectivity index (χ0n) is 11.1. The molecule has 0 aromatic carbocycles. The summed E-state index contributed by atoms with van der Waals surface area (Å²) < 4.78 is 12.1. The van der Waals surface area contributed by atoms with Crippen LogP contribution in [0.15, 0.2) is 23.0 Å². The molecule has 1 saturated heterocycles. The lowest BCUT2D eigenvalue weighted by Gasteiger charge is -2.18. The van der Waals surface area contributed by atoms with Gasteiger partial charge >= 0.3 is 0 Å². The number of rotatable bonds is 2. The van der Waals surface area contributed by atoms with Crippen molar-refractivity contribution in [2.75, 3.05) is 26.3 Å². The second-order valence-corrected chi connectivity index (χ2v) is 4.46. The van der Waals surface area contributed by atoms with E-state index in [2.05, 4.69) is 15.7 Å². The molecule has 0 atom stereocenters. The Morgan fingerprint density at radius 2 is 2.35 bits per heavy atom. The maximum Gasteiger partial charge on any atom is 0.290 e. The molecule has 8 nitrogen and oxygen atoms in total. The van der Waals surface area contributed by atoms with Gasteiger partial charge in [-0.3, -0.25) is 14.5 Å². The zero-order chi connectivity index (χ0) is 13.9. The Morgan fingerprint density at radius 3 is 3.15 bits per heavy atom. The van der Waals surface area contributed by atoms with E-state index in [-0.39, 0.29) is 11.6 Å². The van der Waals surface area contributed by atoms with Crippen LogP contribution in [0.25, 0.3) is 11.3 Å². The molecule has 1 aliphatic rings. The van der Waals surface area contributed by atoms with Crippen molar-refractivity contribution >= 4 is 5.91 Å². The van der Waals surface area contributed by atoms with E-state index in [1.165, 1.54) is 5.01 Å². The molecule has 1 amide bonds. The van der Waals surface area contributed by atoms with E-state index in [0.717, 1.165) is 5.56 Å². The van der Waals surface area contributed by atoms with E-state index in [1.54, 1.807) is 23.1 Å². The van der Waals surface area contributed by atoms with Gasteiger partial charge in [-0.2, -0.15) is 5.10 Å². The predicted octanol–water partition coefficient (Wildman–Crippen LogP) is 0.0521. The molecule has 0 unspecified atom stereocenters. The summed E-state index contributed by atoms with van der Waals surface area (Å²) in [6, 6.07) is 1.62. The van der Waals surface area contributed by atoms with Gasteiger partial charge < -0.3 is 9.26 Å². The average Bonchev–Trinajstić information content (AvgIpc) is 3.00. The lowest BCUT2D eigenvalue weighted by Crippen LogP contribution is -2.43. The lowest BCUT2D eigenvalue weighted by molar-refractivity contribution is 0.0650. The van der Waals surface area contributed by atoms with Crippen molar-refractivity contribution in [3.63, 3.8) is 0 Å². The Labute approximate surface area is 115 Å². The Balaban J connectivity index is 1.77. The molecule has 20 heavy (non-hydrogen) atoms.